The zero-order valence-electron chi connectivity index (χ0n) is 17.0. The molecular weight excluding hydrogens is 436 g/mol. The van der Waals surface area contributed by atoms with Crippen molar-refractivity contribution in [3.63, 3.8) is 0 Å². The second kappa shape index (κ2) is 23.5. The first kappa shape index (κ1) is 32.9. The quantitative estimate of drug-likeness (QED) is 0.217. The number of hydrogen-bond donors (Lipinski definition) is 8. The van der Waals surface area contributed by atoms with E-state index in [1.165, 1.54) is 0 Å². The van der Waals surface area contributed by atoms with E-state index in [4.69, 9.17) is 50.7 Å². The number of carboxylic acid groups (broad SMARTS) is 4. The third kappa shape index (κ3) is 33.8. The molecule has 0 saturated carbocycles. The van der Waals surface area contributed by atoms with Crippen LogP contribution in [0.15, 0.2) is 30.3 Å². The number of aliphatic hydroxyl groups excluding tert-OH is 2. The molecule has 9 N–H and O–H groups in total. The summed E-state index contributed by atoms with van der Waals surface area (Å²) in [6, 6.07) is 9.24. The first-order valence-electron chi connectivity index (χ1n) is 8.73. The SMILES string of the molecule is NCCC(=O)O.O=C(O)CCNC(=O)OCc1ccccc1.O=C(O)CO.O=C(O)CO. The molecular formula is C18H28N2O12. The maximum Gasteiger partial charge on any atom is 0.407 e. The highest BCUT2D eigenvalue weighted by molar-refractivity contribution is 5.70. The van der Waals surface area contributed by atoms with E-state index in [-0.39, 0.29) is 32.5 Å². The third-order valence-electron chi connectivity index (χ3n) is 2.45. The number of carbonyl (C=O) groups excluding carboxylic acids is 1. The Morgan fingerprint density at radius 2 is 1.22 bits per heavy atom. The monoisotopic (exact) mass is 464 g/mol. The van der Waals surface area contributed by atoms with Crippen LogP contribution in [0.1, 0.15) is 18.4 Å². The van der Waals surface area contributed by atoms with Crippen molar-refractivity contribution in [2.24, 2.45) is 5.73 Å². The summed E-state index contributed by atoms with van der Waals surface area (Å²) in [5, 5.41) is 48.6. The van der Waals surface area contributed by atoms with E-state index in [0.29, 0.717) is 0 Å². The predicted molar refractivity (Wildman–Crippen MR) is 108 cm³/mol. The number of aliphatic hydroxyl groups is 2. The molecule has 14 nitrogen and oxygen atoms in total. The van der Waals surface area contributed by atoms with Crippen molar-refractivity contribution >= 4 is 30.0 Å². The zero-order chi connectivity index (χ0) is 25.4. The molecule has 1 aromatic rings. The van der Waals surface area contributed by atoms with Crippen molar-refractivity contribution in [1.29, 1.82) is 0 Å². The number of rotatable bonds is 9. The van der Waals surface area contributed by atoms with Gasteiger partial charge in [0.1, 0.15) is 19.8 Å². The molecule has 0 bridgehead atoms. The first-order chi connectivity index (χ1) is 15.0. The predicted octanol–water partition coefficient (Wildman–Crippen LogP) is -1.07. The van der Waals surface area contributed by atoms with Gasteiger partial charge in [-0.3, -0.25) is 9.59 Å². The van der Waals surface area contributed by atoms with Crippen molar-refractivity contribution in [2.45, 2.75) is 19.4 Å². The van der Waals surface area contributed by atoms with Crippen LogP contribution in [0.3, 0.4) is 0 Å². The number of aliphatic carboxylic acids is 4. The van der Waals surface area contributed by atoms with Crippen LogP contribution < -0.4 is 11.1 Å². The molecule has 1 aromatic carbocycles. The van der Waals surface area contributed by atoms with Gasteiger partial charge in [0, 0.05) is 13.1 Å². The number of carbonyl (C=O) groups is 5. The van der Waals surface area contributed by atoms with Crippen LogP contribution in [0.25, 0.3) is 0 Å². The molecule has 0 atom stereocenters. The first-order valence-corrected chi connectivity index (χ1v) is 8.73. The summed E-state index contributed by atoms with van der Waals surface area (Å²) in [6.07, 6.45) is -0.648. The standard InChI is InChI=1S/C11H13NO4.C3H7NO2.2C2H4O3/c13-10(14)6-7-12-11(15)16-8-9-4-2-1-3-5-9;4-2-1-3(5)6;2*3-1-2(4)5/h1-5H,6-8H2,(H,12,15)(H,13,14);1-2,4H2,(H,5,6);2*3H,1H2,(H,4,5). The molecule has 0 radical (unpaired) electrons. The summed E-state index contributed by atoms with van der Waals surface area (Å²) in [6.45, 7) is -1.07. The Kier molecular flexibility index (Phi) is 24.2. The summed E-state index contributed by atoms with van der Waals surface area (Å²) in [7, 11) is 0. The van der Waals surface area contributed by atoms with E-state index in [2.05, 4.69) is 5.32 Å². The lowest BCUT2D eigenvalue weighted by Gasteiger charge is -2.05. The summed E-state index contributed by atoms with van der Waals surface area (Å²) in [5.41, 5.74) is 5.73. The van der Waals surface area contributed by atoms with Crippen LogP contribution >= 0.6 is 0 Å². The largest absolute Gasteiger partial charge is 0.481 e. The van der Waals surface area contributed by atoms with Crippen LogP contribution in [0.4, 0.5) is 4.79 Å². The van der Waals surface area contributed by atoms with Crippen LogP contribution in [0, 0.1) is 0 Å². The number of nitrogens with one attached hydrogen (secondary N) is 1. The molecule has 0 aromatic heterocycles. The highest BCUT2D eigenvalue weighted by Crippen LogP contribution is 2.00. The van der Waals surface area contributed by atoms with E-state index in [9.17, 15) is 14.4 Å². The van der Waals surface area contributed by atoms with Crippen LogP contribution in [-0.4, -0.2) is 86.9 Å². The third-order valence-corrected chi connectivity index (χ3v) is 2.45. The number of carboxylic acids is 4. The van der Waals surface area contributed by atoms with Crippen molar-refractivity contribution in [2.75, 3.05) is 26.3 Å². The van der Waals surface area contributed by atoms with Crippen molar-refractivity contribution < 1.29 is 59.3 Å². The van der Waals surface area contributed by atoms with Crippen LogP contribution in [0.5, 0.6) is 0 Å². The highest BCUT2D eigenvalue weighted by Gasteiger charge is 2.03. The molecule has 0 heterocycles. The fraction of sp³-hybridized carbons (Fsp3) is 0.389. The van der Waals surface area contributed by atoms with E-state index in [0.717, 1.165) is 5.56 Å². The molecule has 0 saturated heterocycles. The molecule has 1 amide bonds. The summed E-state index contributed by atoms with van der Waals surface area (Å²) >= 11 is 0. The molecule has 0 aliphatic heterocycles. The minimum absolute atomic E-state index is 0.0694. The maximum atomic E-state index is 11.1. The Balaban J connectivity index is -0.000000432. The van der Waals surface area contributed by atoms with Gasteiger partial charge in [-0.15, -0.1) is 0 Å². The lowest BCUT2D eigenvalue weighted by molar-refractivity contribution is -0.141. The average molecular weight is 464 g/mol. The van der Waals surface area contributed by atoms with E-state index < -0.39 is 43.2 Å². The van der Waals surface area contributed by atoms with Gasteiger partial charge in [-0.1, -0.05) is 30.3 Å². The normalized spacial score (nSPS) is 8.59. The second-order valence-corrected chi connectivity index (χ2v) is 5.17. The van der Waals surface area contributed by atoms with Gasteiger partial charge < -0.3 is 46.4 Å². The molecule has 0 spiro atoms. The van der Waals surface area contributed by atoms with Gasteiger partial charge in [0.2, 0.25) is 0 Å². The Labute approximate surface area is 182 Å². The topological polar surface area (TPSA) is 254 Å². The Morgan fingerprint density at radius 1 is 0.781 bits per heavy atom. The molecule has 182 valence electrons. The maximum absolute atomic E-state index is 11.1. The van der Waals surface area contributed by atoms with Gasteiger partial charge in [-0.05, 0) is 5.56 Å². The molecule has 0 fully saturated rings. The lowest BCUT2D eigenvalue weighted by atomic mass is 10.2. The molecule has 0 unspecified atom stereocenters. The number of alkyl carbamates (subject to hydrolysis) is 1. The molecule has 32 heavy (non-hydrogen) atoms. The molecule has 0 aliphatic carbocycles. The van der Waals surface area contributed by atoms with E-state index in [1.807, 2.05) is 30.3 Å². The van der Waals surface area contributed by atoms with Gasteiger partial charge in [-0.25, -0.2) is 14.4 Å². The summed E-state index contributed by atoms with van der Waals surface area (Å²) in [4.78, 5) is 49.0. The van der Waals surface area contributed by atoms with Gasteiger partial charge in [0.25, 0.3) is 0 Å². The van der Waals surface area contributed by atoms with Crippen molar-refractivity contribution in [3.05, 3.63) is 35.9 Å². The number of hydrogen-bond acceptors (Lipinski definition) is 9. The lowest BCUT2D eigenvalue weighted by Crippen LogP contribution is -2.26. The Morgan fingerprint density at radius 3 is 1.53 bits per heavy atom. The van der Waals surface area contributed by atoms with Crippen LogP contribution in [0.2, 0.25) is 0 Å². The minimum atomic E-state index is -1.19. The summed E-state index contributed by atoms with van der Waals surface area (Å²) < 4.78 is 4.87. The van der Waals surface area contributed by atoms with Gasteiger partial charge in [-0.2, -0.15) is 0 Å². The zero-order valence-corrected chi connectivity index (χ0v) is 17.0. The Bertz CT molecular complexity index is 653. The molecule has 0 aliphatic rings. The van der Waals surface area contributed by atoms with Crippen molar-refractivity contribution in [1.82, 2.24) is 5.32 Å². The number of amides is 1. The molecule has 14 heteroatoms. The highest BCUT2D eigenvalue weighted by atomic mass is 16.5. The second-order valence-electron chi connectivity index (χ2n) is 5.17. The Hall–Kier alpha value is -3.75. The molecule has 1 rings (SSSR count). The van der Waals surface area contributed by atoms with Crippen molar-refractivity contribution in [3.8, 4) is 0 Å². The fourth-order valence-corrected chi connectivity index (χ4v) is 1.17. The van der Waals surface area contributed by atoms with E-state index >= 15 is 0 Å². The number of nitrogens with two attached hydrogens (primary N) is 1. The van der Waals surface area contributed by atoms with Gasteiger partial charge >= 0.3 is 30.0 Å². The number of ether oxygens (including phenoxy) is 1. The minimum Gasteiger partial charge on any atom is -0.481 e. The average Bonchev–Trinajstić information content (AvgIpc) is 2.74. The smallest absolute Gasteiger partial charge is 0.407 e. The number of benzene rings is 1. The van der Waals surface area contributed by atoms with E-state index in [1.54, 1.807) is 0 Å². The summed E-state index contributed by atoms with van der Waals surface area (Å²) in [5.74, 6) is -4.17. The van der Waals surface area contributed by atoms with Crippen LogP contribution in [-0.2, 0) is 30.5 Å². The van der Waals surface area contributed by atoms with Gasteiger partial charge in [0.05, 0.1) is 12.8 Å². The van der Waals surface area contributed by atoms with Gasteiger partial charge in [0.15, 0.2) is 0 Å². The fourth-order valence-electron chi connectivity index (χ4n) is 1.17.